The maximum atomic E-state index is 11.4. The number of nitrogens with zero attached hydrogens (tertiary/aromatic N) is 1. The second-order valence-electron chi connectivity index (χ2n) is 3.25. The standard InChI is InChI=1S/C13H12BrNO2/c1-2-17-13(16)7-12(8-14)11-5-3-4-10(6-11)9-15/h3-7H,2,8H2,1H3. The van der Waals surface area contributed by atoms with Crippen LogP contribution in [0.3, 0.4) is 0 Å². The predicted octanol–water partition coefficient (Wildman–Crippen LogP) is 2.90. The highest BCUT2D eigenvalue weighted by Gasteiger charge is 2.05. The first-order valence-corrected chi connectivity index (χ1v) is 6.27. The molecule has 0 aliphatic rings. The molecule has 0 unspecified atom stereocenters. The molecule has 0 saturated carbocycles. The number of esters is 1. The summed E-state index contributed by atoms with van der Waals surface area (Å²) in [6.45, 7) is 2.11. The van der Waals surface area contributed by atoms with Crippen molar-refractivity contribution in [3.8, 4) is 6.07 Å². The smallest absolute Gasteiger partial charge is 0.331 e. The highest BCUT2D eigenvalue weighted by molar-refractivity contribution is 9.09. The summed E-state index contributed by atoms with van der Waals surface area (Å²) in [5.41, 5.74) is 2.20. The van der Waals surface area contributed by atoms with Crippen LogP contribution in [0.5, 0.6) is 0 Å². The third-order valence-corrected chi connectivity index (χ3v) is 2.69. The number of alkyl halides is 1. The van der Waals surface area contributed by atoms with Crippen molar-refractivity contribution < 1.29 is 9.53 Å². The van der Waals surface area contributed by atoms with E-state index in [0.29, 0.717) is 17.5 Å². The van der Waals surface area contributed by atoms with Gasteiger partial charge in [-0.2, -0.15) is 5.26 Å². The Hall–Kier alpha value is -1.60. The molecule has 0 aromatic heterocycles. The van der Waals surface area contributed by atoms with E-state index in [-0.39, 0.29) is 5.97 Å². The molecular weight excluding hydrogens is 282 g/mol. The molecule has 1 rings (SSSR count). The van der Waals surface area contributed by atoms with Gasteiger partial charge in [-0.25, -0.2) is 4.79 Å². The van der Waals surface area contributed by atoms with Gasteiger partial charge in [0.2, 0.25) is 0 Å². The largest absolute Gasteiger partial charge is 0.463 e. The number of hydrogen-bond donors (Lipinski definition) is 0. The number of nitriles is 1. The van der Waals surface area contributed by atoms with Gasteiger partial charge in [0, 0.05) is 11.4 Å². The lowest BCUT2D eigenvalue weighted by Gasteiger charge is -2.04. The fourth-order valence-corrected chi connectivity index (χ4v) is 1.80. The molecule has 0 amide bonds. The Labute approximate surface area is 109 Å². The molecule has 88 valence electrons. The fraction of sp³-hybridized carbons (Fsp3) is 0.231. The van der Waals surface area contributed by atoms with Crippen molar-refractivity contribution in [3.63, 3.8) is 0 Å². The molecular formula is C13H12BrNO2. The lowest BCUT2D eigenvalue weighted by atomic mass is 10.0. The lowest BCUT2D eigenvalue weighted by Crippen LogP contribution is -2.01. The van der Waals surface area contributed by atoms with E-state index in [1.165, 1.54) is 6.08 Å². The van der Waals surface area contributed by atoms with Gasteiger partial charge in [-0.15, -0.1) is 0 Å². The molecule has 0 aliphatic heterocycles. The first-order chi connectivity index (χ1) is 8.21. The van der Waals surface area contributed by atoms with Gasteiger partial charge in [0.05, 0.1) is 18.2 Å². The Balaban J connectivity index is 3.01. The lowest BCUT2D eigenvalue weighted by molar-refractivity contribution is -0.137. The minimum atomic E-state index is -0.371. The predicted molar refractivity (Wildman–Crippen MR) is 69.6 cm³/mol. The molecule has 17 heavy (non-hydrogen) atoms. The van der Waals surface area contributed by atoms with Gasteiger partial charge in [-0.1, -0.05) is 28.1 Å². The van der Waals surface area contributed by atoms with Gasteiger partial charge >= 0.3 is 5.97 Å². The van der Waals surface area contributed by atoms with Crippen molar-refractivity contribution in [2.75, 3.05) is 11.9 Å². The molecule has 4 heteroatoms. The number of rotatable bonds is 4. The van der Waals surface area contributed by atoms with E-state index in [1.54, 1.807) is 25.1 Å². The van der Waals surface area contributed by atoms with Gasteiger partial charge in [0.25, 0.3) is 0 Å². The summed E-state index contributed by atoms with van der Waals surface area (Å²) >= 11 is 3.32. The van der Waals surface area contributed by atoms with Crippen molar-refractivity contribution in [2.24, 2.45) is 0 Å². The highest BCUT2D eigenvalue weighted by atomic mass is 79.9. The van der Waals surface area contributed by atoms with Crippen LogP contribution < -0.4 is 0 Å². The second-order valence-corrected chi connectivity index (χ2v) is 3.81. The molecule has 3 nitrogen and oxygen atoms in total. The van der Waals surface area contributed by atoms with Gasteiger partial charge in [-0.05, 0) is 30.2 Å². The molecule has 0 atom stereocenters. The molecule has 0 heterocycles. The normalized spacial score (nSPS) is 10.8. The first kappa shape index (κ1) is 13.5. The van der Waals surface area contributed by atoms with Crippen molar-refractivity contribution >= 4 is 27.5 Å². The van der Waals surface area contributed by atoms with E-state index < -0.39 is 0 Å². The summed E-state index contributed by atoms with van der Waals surface area (Å²) in [5.74, 6) is -0.371. The van der Waals surface area contributed by atoms with Crippen LogP contribution in [0.4, 0.5) is 0 Å². The van der Waals surface area contributed by atoms with Gasteiger partial charge in [-0.3, -0.25) is 0 Å². The summed E-state index contributed by atoms with van der Waals surface area (Å²) in [4.78, 5) is 11.4. The summed E-state index contributed by atoms with van der Waals surface area (Å²) in [6.07, 6.45) is 1.44. The second kappa shape index (κ2) is 6.87. The molecule has 0 bridgehead atoms. The van der Waals surface area contributed by atoms with Crippen molar-refractivity contribution in [1.82, 2.24) is 0 Å². The van der Waals surface area contributed by atoms with Crippen molar-refractivity contribution in [2.45, 2.75) is 6.92 Å². The Bertz CT molecular complexity index is 475. The van der Waals surface area contributed by atoms with Crippen LogP contribution in [-0.4, -0.2) is 17.9 Å². The van der Waals surface area contributed by atoms with Crippen LogP contribution in [-0.2, 0) is 9.53 Å². The number of ether oxygens (including phenoxy) is 1. The van der Waals surface area contributed by atoms with Crippen LogP contribution in [0, 0.1) is 11.3 Å². The molecule has 0 fully saturated rings. The number of benzene rings is 1. The zero-order chi connectivity index (χ0) is 12.7. The molecule has 0 N–H and O–H groups in total. The molecule has 0 spiro atoms. The van der Waals surface area contributed by atoms with Gasteiger partial charge in [0.1, 0.15) is 0 Å². The van der Waals surface area contributed by atoms with Gasteiger partial charge < -0.3 is 4.74 Å². The maximum absolute atomic E-state index is 11.4. The average Bonchev–Trinajstić information content (AvgIpc) is 2.36. The number of hydrogen-bond acceptors (Lipinski definition) is 3. The van der Waals surface area contributed by atoms with Crippen LogP contribution in [0.15, 0.2) is 30.3 Å². The van der Waals surface area contributed by atoms with Crippen molar-refractivity contribution in [3.05, 3.63) is 41.5 Å². The highest BCUT2D eigenvalue weighted by Crippen LogP contribution is 2.18. The number of carbonyl (C=O) groups is 1. The topological polar surface area (TPSA) is 50.1 Å². The van der Waals surface area contributed by atoms with Crippen molar-refractivity contribution in [1.29, 1.82) is 5.26 Å². The van der Waals surface area contributed by atoms with E-state index in [2.05, 4.69) is 22.0 Å². The van der Waals surface area contributed by atoms with Crippen LogP contribution in [0.25, 0.3) is 5.57 Å². The third kappa shape index (κ3) is 4.04. The summed E-state index contributed by atoms with van der Waals surface area (Å²) in [6, 6.07) is 9.17. The minimum Gasteiger partial charge on any atom is -0.463 e. The quantitative estimate of drug-likeness (QED) is 0.487. The number of carbonyl (C=O) groups excluding carboxylic acids is 1. The van der Waals surface area contributed by atoms with E-state index in [9.17, 15) is 4.79 Å². The summed E-state index contributed by atoms with van der Waals surface area (Å²) in [7, 11) is 0. The zero-order valence-corrected chi connectivity index (χ0v) is 11.0. The van der Waals surface area contributed by atoms with Crippen LogP contribution >= 0.6 is 15.9 Å². The Morgan fingerprint density at radius 1 is 1.59 bits per heavy atom. The first-order valence-electron chi connectivity index (χ1n) is 5.15. The maximum Gasteiger partial charge on any atom is 0.331 e. The summed E-state index contributed by atoms with van der Waals surface area (Å²) < 4.78 is 4.85. The fourth-order valence-electron chi connectivity index (χ4n) is 1.31. The van der Waals surface area contributed by atoms with E-state index >= 15 is 0 Å². The number of halogens is 1. The monoisotopic (exact) mass is 293 g/mol. The Kier molecular flexibility index (Phi) is 5.44. The SMILES string of the molecule is CCOC(=O)C=C(CBr)c1cccc(C#N)c1. The molecule has 0 radical (unpaired) electrons. The van der Waals surface area contributed by atoms with Gasteiger partial charge in [0.15, 0.2) is 0 Å². The van der Waals surface area contributed by atoms with E-state index in [0.717, 1.165) is 11.1 Å². The van der Waals surface area contributed by atoms with Crippen LogP contribution in [0.1, 0.15) is 18.1 Å². The minimum absolute atomic E-state index is 0.350. The zero-order valence-electron chi connectivity index (χ0n) is 9.44. The average molecular weight is 294 g/mol. The third-order valence-electron chi connectivity index (χ3n) is 2.09. The molecule has 0 aliphatic carbocycles. The molecule has 1 aromatic rings. The summed E-state index contributed by atoms with van der Waals surface area (Å²) in [5, 5.41) is 9.34. The van der Waals surface area contributed by atoms with E-state index in [4.69, 9.17) is 10.00 Å². The molecule has 1 aromatic carbocycles. The Morgan fingerprint density at radius 3 is 2.94 bits per heavy atom. The number of allylic oxidation sites excluding steroid dienone is 1. The van der Waals surface area contributed by atoms with Crippen LogP contribution in [0.2, 0.25) is 0 Å². The molecule has 0 saturated heterocycles. The Morgan fingerprint density at radius 2 is 2.35 bits per heavy atom. The van der Waals surface area contributed by atoms with E-state index in [1.807, 2.05) is 6.07 Å².